The lowest BCUT2D eigenvalue weighted by molar-refractivity contribution is -0.118. The molecule has 1 N–H and O–H groups in total. The third-order valence-electron chi connectivity index (χ3n) is 5.88. The van der Waals surface area contributed by atoms with Crippen molar-refractivity contribution in [2.75, 3.05) is 32.8 Å². The number of hydrogen-bond acceptors (Lipinski definition) is 4. The van der Waals surface area contributed by atoms with E-state index in [1.54, 1.807) is 6.08 Å². The lowest BCUT2D eigenvalue weighted by atomic mass is 10.0. The van der Waals surface area contributed by atoms with E-state index in [0.29, 0.717) is 25.7 Å². The summed E-state index contributed by atoms with van der Waals surface area (Å²) < 4.78 is 7.70. The Morgan fingerprint density at radius 3 is 2.50 bits per heavy atom. The Hall–Kier alpha value is -2.88. The number of nitrogens with zero attached hydrogens (tertiary/aromatic N) is 3. The zero-order valence-corrected chi connectivity index (χ0v) is 19.6. The molecule has 3 rings (SSSR count). The standard InChI is InChI=1S/C26H34N4O2/c1-19(2)17-30-20(3)14-23(21(30)4)15-24(16-27)26(31)28-25(22-8-6-5-7-9-22)18-29-10-12-32-13-11-29/h5-9,14-15,19,25H,10-13,17-18H2,1-4H3,(H,28,31)/b24-15+. The van der Waals surface area contributed by atoms with Crippen LogP contribution in [-0.2, 0) is 16.1 Å². The van der Waals surface area contributed by atoms with Crippen LogP contribution in [-0.4, -0.2) is 48.2 Å². The van der Waals surface area contributed by atoms with Gasteiger partial charge < -0.3 is 14.6 Å². The summed E-state index contributed by atoms with van der Waals surface area (Å²) in [5, 5.41) is 12.9. The minimum atomic E-state index is -0.344. The molecule has 1 aliphatic rings. The average Bonchev–Trinajstić information content (AvgIpc) is 3.05. The fourth-order valence-corrected chi connectivity index (χ4v) is 4.12. The van der Waals surface area contributed by atoms with E-state index in [1.165, 1.54) is 0 Å². The third kappa shape index (κ3) is 6.09. The highest BCUT2D eigenvalue weighted by Gasteiger charge is 2.22. The zero-order chi connectivity index (χ0) is 23.1. The van der Waals surface area contributed by atoms with Gasteiger partial charge in [0.25, 0.3) is 5.91 Å². The number of carbonyl (C=O) groups is 1. The van der Waals surface area contributed by atoms with E-state index in [9.17, 15) is 10.1 Å². The first-order valence-corrected chi connectivity index (χ1v) is 11.3. The van der Waals surface area contributed by atoms with E-state index in [2.05, 4.69) is 41.6 Å². The highest BCUT2D eigenvalue weighted by Crippen LogP contribution is 2.21. The van der Waals surface area contributed by atoms with Gasteiger partial charge >= 0.3 is 0 Å². The summed E-state index contributed by atoms with van der Waals surface area (Å²) in [6.07, 6.45) is 1.71. The van der Waals surface area contributed by atoms with Crippen molar-refractivity contribution >= 4 is 12.0 Å². The summed E-state index contributed by atoms with van der Waals surface area (Å²) in [7, 11) is 0. The minimum absolute atomic E-state index is 0.123. The zero-order valence-electron chi connectivity index (χ0n) is 19.6. The van der Waals surface area contributed by atoms with E-state index in [0.717, 1.165) is 42.1 Å². The molecule has 6 nitrogen and oxygen atoms in total. The second-order valence-corrected chi connectivity index (χ2v) is 8.85. The van der Waals surface area contributed by atoms with Gasteiger partial charge in [-0.05, 0) is 43.0 Å². The largest absolute Gasteiger partial charge is 0.379 e. The number of aryl methyl sites for hydroxylation is 1. The SMILES string of the molecule is Cc1cc(/C=C(\C#N)C(=O)NC(CN2CCOCC2)c2ccccc2)c(C)n1CC(C)C. The van der Waals surface area contributed by atoms with Gasteiger partial charge in [-0.1, -0.05) is 44.2 Å². The van der Waals surface area contributed by atoms with E-state index in [-0.39, 0.29) is 17.5 Å². The monoisotopic (exact) mass is 434 g/mol. The van der Waals surface area contributed by atoms with Crippen LogP contribution in [0.1, 0.15) is 42.4 Å². The molecule has 1 amide bonds. The number of amides is 1. The number of hydrogen-bond donors (Lipinski definition) is 1. The molecule has 1 aliphatic heterocycles. The van der Waals surface area contributed by atoms with Crippen molar-refractivity contribution in [3.8, 4) is 6.07 Å². The summed E-state index contributed by atoms with van der Waals surface area (Å²) in [6, 6.07) is 13.9. The first-order chi connectivity index (χ1) is 15.4. The Bertz CT molecular complexity index is 979. The van der Waals surface area contributed by atoms with Crippen molar-refractivity contribution < 1.29 is 9.53 Å². The van der Waals surface area contributed by atoms with Crippen molar-refractivity contribution in [2.45, 2.75) is 40.3 Å². The van der Waals surface area contributed by atoms with Gasteiger partial charge in [0.1, 0.15) is 11.6 Å². The predicted molar refractivity (Wildman–Crippen MR) is 127 cm³/mol. The highest BCUT2D eigenvalue weighted by atomic mass is 16.5. The molecule has 1 fully saturated rings. The molecule has 0 saturated carbocycles. The van der Waals surface area contributed by atoms with Crippen LogP contribution in [0.3, 0.4) is 0 Å². The van der Waals surface area contributed by atoms with Crippen LogP contribution < -0.4 is 5.32 Å². The molecule has 1 saturated heterocycles. The Balaban J connectivity index is 1.81. The summed E-state index contributed by atoms with van der Waals surface area (Å²) >= 11 is 0. The van der Waals surface area contributed by atoms with E-state index >= 15 is 0 Å². The maximum absolute atomic E-state index is 13.1. The van der Waals surface area contributed by atoms with Crippen LogP contribution in [0.5, 0.6) is 0 Å². The van der Waals surface area contributed by atoms with Crippen molar-refractivity contribution in [3.05, 3.63) is 64.5 Å². The van der Waals surface area contributed by atoms with Gasteiger partial charge in [0, 0.05) is 37.6 Å². The molecule has 2 heterocycles. The molecule has 170 valence electrons. The third-order valence-corrected chi connectivity index (χ3v) is 5.88. The van der Waals surface area contributed by atoms with Crippen molar-refractivity contribution in [3.63, 3.8) is 0 Å². The van der Waals surface area contributed by atoms with Crippen molar-refractivity contribution in [1.82, 2.24) is 14.8 Å². The molecule has 0 bridgehead atoms. The van der Waals surface area contributed by atoms with Crippen LogP contribution in [0.25, 0.3) is 6.08 Å². The lowest BCUT2D eigenvalue weighted by Crippen LogP contribution is -2.43. The predicted octanol–water partition coefficient (Wildman–Crippen LogP) is 3.86. The molecule has 1 aromatic carbocycles. The number of nitriles is 1. The topological polar surface area (TPSA) is 70.3 Å². The summed E-state index contributed by atoms with van der Waals surface area (Å²) in [6.45, 7) is 13.1. The van der Waals surface area contributed by atoms with Crippen molar-refractivity contribution in [2.24, 2.45) is 5.92 Å². The van der Waals surface area contributed by atoms with Crippen LogP contribution in [0, 0.1) is 31.1 Å². The maximum atomic E-state index is 13.1. The number of rotatable bonds is 8. The molecular weight excluding hydrogens is 400 g/mol. The number of carbonyl (C=O) groups excluding carboxylic acids is 1. The Labute approximate surface area is 191 Å². The molecular formula is C26H34N4O2. The van der Waals surface area contributed by atoms with Gasteiger partial charge in [-0.15, -0.1) is 0 Å². The number of benzene rings is 1. The second kappa shape index (κ2) is 11.1. The smallest absolute Gasteiger partial charge is 0.262 e. The maximum Gasteiger partial charge on any atom is 0.262 e. The average molecular weight is 435 g/mol. The Morgan fingerprint density at radius 2 is 1.88 bits per heavy atom. The molecule has 1 atom stereocenters. The van der Waals surface area contributed by atoms with Crippen LogP contribution >= 0.6 is 0 Å². The number of nitrogens with one attached hydrogen (secondary N) is 1. The first-order valence-electron chi connectivity index (χ1n) is 11.3. The second-order valence-electron chi connectivity index (χ2n) is 8.85. The molecule has 1 unspecified atom stereocenters. The first kappa shape index (κ1) is 23.8. The number of aromatic nitrogens is 1. The van der Waals surface area contributed by atoms with Gasteiger partial charge in [0.05, 0.1) is 19.3 Å². The number of morpholine rings is 1. The number of ether oxygens (including phenoxy) is 1. The van der Waals surface area contributed by atoms with Gasteiger partial charge in [0.15, 0.2) is 0 Å². The normalized spacial score (nSPS) is 16.1. The molecule has 0 aliphatic carbocycles. The summed E-state index contributed by atoms with van der Waals surface area (Å²) in [4.78, 5) is 15.4. The van der Waals surface area contributed by atoms with Crippen LogP contribution in [0.15, 0.2) is 42.0 Å². The minimum Gasteiger partial charge on any atom is -0.379 e. The molecule has 1 aromatic heterocycles. The van der Waals surface area contributed by atoms with Gasteiger partial charge in [-0.25, -0.2) is 0 Å². The van der Waals surface area contributed by atoms with Gasteiger partial charge in [0.2, 0.25) is 0 Å². The Kier molecular flexibility index (Phi) is 8.26. The van der Waals surface area contributed by atoms with Crippen LogP contribution in [0.4, 0.5) is 0 Å². The molecule has 32 heavy (non-hydrogen) atoms. The quantitative estimate of drug-likeness (QED) is 0.506. The summed E-state index contributed by atoms with van der Waals surface area (Å²) in [5.41, 5.74) is 4.27. The van der Waals surface area contributed by atoms with E-state index in [1.807, 2.05) is 43.3 Å². The highest BCUT2D eigenvalue weighted by molar-refractivity contribution is 6.02. The van der Waals surface area contributed by atoms with E-state index in [4.69, 9.17) is 4.74 Å². The lowest BCUT2D eigenvalue weighted by Gasteiger charge is -2.31. The van der Waals surface area contributed by atoms with Crippen LogP contribution in [0.2, 0.25) is 0 Å². The molecule has 0 radical (unpaired) electrons. The van der Waals surface area contributed by atoms with E-state index < -0.39 is 0 Å². The van der Waals surface area contributed by atoms with Crippen molar-refractivity contribution in [1.29, 1.82) is 5.26 Å². The fourth-order valence-electron chi connectivity index (χ4n) is 4.12. The molecule has 2 aromatic rings. The molecule has 0 spiro atoms. The fraction of sp³-hybridized carbons (Fsp3) is 0.462. The van der Waals surface area contributed by atoms with Gasteiger partial charge in [-0.3, -0.25) is 9.69 Å². The summed E-state index contributed by atoms with van der Waals surface area (Å²) in [5.74, 6) is 0.172. The molecule has 6 heteroatoms. The van der Waals surface area contributed by atoms with Gasteiger partial charge in [-0.2, -0.15) is 5.26 Å². The Morgan fingerprint density at radius 1 is 1.19 bits per heavy atom.